The van der Waals surface area contributed by atoms with E-state index in [-0.39, 0.29) is 30.4 Å². The fourth-order valence-corrected chi connectivity index (χ4v) is 2.63. The van der Waals surface area contributed by atoms with E-state index in [0.29, 0.717) is 0 Å². The Balaban J connectivity index is 2.44. The van der Waals surface area contributed by atoms with Gasteiger partial charge in [0.05, 0.1) is 23.8 Å². The van der Waals surface area contributed by atoms with Crippen molar-refractivity contribution in [1.29, 1.82) is 0 Å². The van der Waals surface area contributed by atoms with Crippen LogP contribution in [0.3, 0.4) is 0 Å². The van der Waals surface area contributed by atoms with Crippen LogP contribution < -0.4 is 11.1 Å². The number of imide groups is 1. The summed E-state index contributed by atoms with van der Waals surface area (Å²) in [6, 6.07) is 5.11. The minimum Gasteiger partial charge on any atom is -0.326 e. The van der Waals surface area contributed by atoms with Gasteiger partial charge in [0.1, 0.15) is 0 Å². The highest BCUT2D eigenvalue weighted by Crippen LogP contribution is 2.32. The number of nitrogens with zero attached hydrogens (tertiary/aromatic N) is 2. The van der Waals surface area contributed by atoms with Crippen LogP contribution in [0, 0.1) is 0 Å². The van der Waals surface area contributed by atoms with Crippen LogP contribution >= 0.6 is 0 Å². The number of carbonyl (C=O) groups excluding carboxylic acids is 2. The zero-order valence-corrected chi connectivity index (χ0v) is 12.7. The minimum atomic E-state index is -0.817. The second kappa shape index (κ2) is 5.91. The molecule has 3 N–H and O–H groups in total. The second-order valence-electron chi connectivity index (χ2n) is 5.84. The highest BCUT2D eigenvalue weighted by Gasteiger charge is 2.46. The number of carbonyl (C=O) groups is 2. The summed E-state index contributed by atoms with van der Waals surface area (Å²) in [7, 11) is 0. The van der Waals surface area contributed by atoms with Crippen molar-refractivity contribution in [3.05, 3.63) is 30.1 Å². The molecule has 1 fully saturated rings. The Morgan fingerprint density at radius 1 is 1.43 bits per heavy atom. The standard InChI is InChI=1S/C15H22N4O2/c1-4-10(16)13(11-7-5-6-8-17-11)19-9-12(20)18-14(21)15(19,2)3/h5-8,10,13H,4,9,16H2,1-3H3,(H,18,20,21). The maximum Gasteiger partial charge on any atom is 0.246 e. The van der Waals surface area contributed by atoms with Crippen LogP contribution in [0.1, 0.15) is 38.9 Å². The molecule has 2 amide bonds. The molecule has 1 saturated heterocycles. The van der Waals surface area contributed by atoms with Gasteiger partial charge in [-0.2, -0.15) is 0 Å². The van der Waals surface area contributed by atoms with Crippen LogP contribution in [0.4, 0.5) is 0 Å². The van der Waals surface area contributed by atoms with Gasteiger partial charge >= 0.3 is 0 Å². The summed E-state index contributed by atoms with van der Waals surface area (Å²) in [5, 5.41) is 2.38. The minimum absolute atomic E-state index is 0.133. The third-order valence-electron chi connectivity index (χ3n) is 4.04. The summed E-state index contributed by atoms with van der Waals surface area (Å²) >= 11 is 0. The fraction of sp³-hybridized carbons (Fsp3) is 0.533. The Kier molecular flexibility index (Phi) is 4.39. The first-order chi connectivity index (χ1) is 9.87. The van der Waals surface area contributed by atoms with E-state index in [1.807, 2.05) is 30.0 Å². The molecule has 0 bridgehead atoms. The van der Waals surface area contributed by atoms with Gasteiger partial charge in [-0.25, -0.2) is 0 Å². The van der Waals surface area contributed by atoms with Crippen molar-refractivity contribution in [2.24, 2.45) is 5.73 Å². The number of hydrogen-bond donors (Lipinski definition) is 2. The first-order valence-electron chi connectivity index (χ1n) is 7.15. The highest BCUT2D eigenvalue weighted by atomic mass is 16.2. The first kappa shape index (κ1) is 15.6. The Labute approximate surface area is 124 Å². The van der Waals surface area contributed by atoms with Crippen molar-refractivity contribution in [2.75, 3.05) is 6.54 Å². The normalized spacial score (nSPS) is 21.7. The maximum absolute atomic E-state index is 12.1. The van der Waals surface area contributed by atoms with Crippen LogP contribution in [-0.2, 0) is 9.59 Å². The molecular weight excluding hydrogens is 268 g/mol. The molecule has 6 heteroatoms. The number of nitrogens with one attached hydrogen (secondary N) is 1. The lowest BCUT2D eigenvalue weighted by Crippen LogP contribution is -2.66. The molecule has 0 spiro atoms. The molecule has 114 valence electrons. The van der Waals surface area contributed by atoms with Gasteiger partial charge in [-0.3, -0.25) is 24.8 Å². The van der Waals surface area contributed by atoms with Crippen molar-refractivity contribution in [3.63, 3.8) is 0 Å². The van der Waals surface area contributed by atoms with Gasteiger partial charge in [0.2, 0.25) is 11.8 Å². The number of pyridine rings is 1. The van der Waals surface area contributed by atoms with Gasteiger partial charge < -0.3 is 5.73 Å². The third kappa shape index (κ3) is 2.96. The van der Waals surface area contributed by atoms with Crippen LogP contribution in [0.25, 0.3) is 0 Å². The molecule has 1 aromatic heterocycles. The number of amides is 2. The lowest BCUT2D eigenvalue weighted by Gasteiger charge is -2.46. The maximum atomic E-state index is 12.1. The molecule has 21 heavy (non-hydrogen) atoms. The van der Waals surface area contributed by atoms with Crippen molar-refractivity contribution in [2.45, 2.75) is 44.8 Å². The summed E-state index contributed by atoms with van der Waals surface area (Å²) in [6.07, 6.45) is 2.42. The summed E-state index contributed by atoms with van der Waals surface area (Å²) in [5.74, 6) is -0.605. The lowest BCUT2D eigenvalue weighted by molar-refractivity contribution is -0.148. The van der Waals surface area contributed by atoms with E-state index in [1.54, 1.807) is 20.0 Å². The molecule has 1 aliphatic rings. The predicted molar refractivity (Wildman–Crippen MR) is 79.2 cm³/mol. The molecule has 0 aromatic carbocycles. The average molecular weight is 290 g/mol. The average Bonchev–Trinajstić information content (AvgIpc) is 2.45. The van der Waals surface area contributed by atoms with Crippen LogP contribution in [0.2, 0.25) is 0 Å². The van der Waals surface area contributed by atoms with E-state index in [0.717, 1.165) is 12.1 Å². The van der Waals surface area contributed by atoms with Gasteiger partial charge in [0.25, 0.3) is 0 Å². The monoisotopic (exact) mass is 290 g/mol. The summed E-state index contributed by atoms with van der Waals surface area (Å²) in [4.78, 5) is 30.2. The summed E-state index contributed by atoms with van der Waals surface area (Å²) in [6.45, 7) is 5.72. The smallest absolute Gasteiger partial charge is 0.246 e. The molecule has 0 saturated carbocycles. The largest absolute Gasteiger partial charge is 0.326 e. The van der Waals surface area contributed by atoms with Gasteiger partial charge in [-0.15, -0.1) is 0 Å². The Morgan fingerprint density at radius 2 is 2.14 bits per heavy atom. The lowest BCUT2D eigenvalue weighted by atomic mass is 9.91. The predicted octanol–water partition coefficient (Wildman–Crippen LogP) is 0.597. The van der Waals surface area contributed by atoms with Crippen molar-refractivity contribution in [1.82, 2.24) is 15.2 Å². The Hall–Kier alpha value is -1.79. The van der Waals surface area contributed by atoms with Gasteiger partial charge in [-0.1, -0.05) is 13.0 Å². The van der Waals surface area contributed by atoms with E-state index in [1.165, 1.54) is 0 Å². The van der Waals surface area contributed by atoms with E-state index in [9.17, 15) is 9.59 Å². The summed E-state index contributed by atoms with van der Waals surface area (Å²) < 4.78 is 0. The molecule has 0 aliphatic carbocycles. The van der Waals surface area contributed by atoms with Crippen molar-refractivity contribution >= 4 is 11.8 Å². The van der Waals surface area contributed by atoms with Crippen LogP contribution in [0.15, 0.2) is 24.4 Å². The molecule has 2 heterocycles. The van der Waals surface area contributed by atoms with Gasteiger partial charge in [-0.05, 0) is 32.4 Å². The molecular formula is C15H22N4O2. The fourth-order valence-electron chi connectivity index (χ4n) is 2.63. The molecule has 6 nitrogen and oxygen atoms in total. The number of hydrogen-bond acceptors (Lipinski definition) is 5. The highest BCUT2D eigenvalue weighted by molar-refractivity contribution is 6.03. The van der Waals surface area contributed by atoms with Crippen LogP contribution in [0.5, 0.6) is 0 Å². The zero-order chi connectivity index (χ0) is 15.6. The number of piperazine rings is 1. The topological polar surface area (TPSA) is 88.3 Å². The van der Waals surface area contributed by atoms with Crippen LogP contribution in [-0.4, -0.2) is 39.8 Å². The van der Waals surface area contributed by atoms with E-state index in [2.05, 4.69) is 10.3 Å². The first-order valence-corrected chi connectivity index (χ1v) is 7.15. The van der Waals surface area contributed by atoms with E-state index < -0.39 is 5.54 Å². The second-order valence-corrected chi connectivity index (χ2v) is 5.84. The molecule has 0 radical (unpaired) electrons. The van der Waals surface area contributed by atoms with E-state index in [4.69, 9.17) is 5.73 Å². The molecule has 1 aromatic rings. The Bertz CT molecular complexity index is 530. The zero-order valence-electron chi connectivity index (χ0n) is 12.7. The quantitative estimate of drug-likeness (QED) is 0.793. The molecule has 2 rings (SSSR count). The number of rotatable bonds is 4. The SMILES string of the molecule is CCC(N)C(c1ccccn1)N1CC(=O)NC(=O)C1(C)C. The van der Waals surface area contributed by atoms with Gasteiger partial charge in [0.15, 0.2) is 0 Å². The summed E-state index contributed by atoms with van der Waals surface area (Å²) in [5.41, 5.74) is 6.23. The molecule has 2 atom stereocenters. The number of nitrogens with two attached hydrogens (primary N) is 1. The van der Waals surface area contributed by atoms with Gasteiger partial charge in [0, 0.05) is 12.2 Å². The third-order valence-corrected chi connectivity index (χ3v) is 4.04. The Morgan fingerprint density at radius 3 is 2.71 bits per heavy atom. The number of aromatic nitrogens is 1. The van der Waals surface area contributed by atoms with Crippen molar-refractivity contribution in [3.8, 4) is 0 Å². The van der Waals surface area contributed by atoms with E-state index >= 15 is 0 Å². The van der Waals surface area contributed by atoms with Crippen molar-refractivity contribution < 1.29 is 9.59 Å². The molecule has 2 unspecified atom stereocenters. The molecule has 1 aliphatic heterocycles.